The molecule has 1 aromatic carbocycles. The Kier molecular flexibility index (Phi) is 4.74. The number of carboxylic acid groups (broad SMARTS) is 2. The summed E-state index contributed by atoms with van der Waals surface area (Å²) >= 11 is 5.85. The molecule has 2 rings (SSSR count). The molecule has 22 heavy (non-hydrogen) atoms. The first-order valence-corrected chi connectivity index (χ1v) is 8.30. The van der Waals surface area contributed by atoms with Gasteiger partial charge in [0, 0.05) is 6.54 Å². The van der Waals surface area contributed by atoms with Crippen molar-refractivity contribution in [1.82, 2.24) is 4.31 Å². The second-order valence-electron chi connectivity index (χ2n) is 4.88. The molecular formula is C13H12ClNO6S-2. The van der Waals surface area contributed by atoms with E-state index in [9.17, 15) is 28.2 Å². The number of piperidine rings is 1. The van der Waals surface area contributed by atoms with Crippen molar-refractivity contribution in [3.05, 3.63) is 28.8 Å². The van der Waals surface area contributed by atoms with Gasteiger partial charge in [0.05, 0.1) is 23.0 Å². The summed E-state index contributed by atoms with van der Waals surface area (Å²) in [6.07, 6.45) is 1.21. The highest BCUT2D eigenvalue weighted by molar-refractivity contribution is 7.89. The van der Waals surface area contributed by atoms with Crippen molar-refractivity contribution in [3.8, 4) is 0 Å². The molecule has 1 aromatic rings. The largest absolute Gasteiger partial charge is 0.548 e. The standard InChI is InChI=1S/C13H14ClNO6S/c14-9-5-4-8(12(16)17)7-11(9)22(20,21)15-6-2-1-3-10(15)13(18)19/h4-5,7,10H,1-3,6H2,(H,16,17)(H,18,19)/p-2/t10-/m0/s1. The molecule has 7 nitrogen and oxygen atoms in total. The third kappa shape index (κ3) is 3.08. The van der Waals surface area contributed by atoms with E-state index >= 15 is 0 Å². The molecule has 0 amide bonds. The van der Waals surface area contributed by atoms with E-state index in [2.05, 4.69) is 0 Å². The van der Waals surface area contributed by atoms with Crippen LogP contribution in [0.3, 0.4) is 0 Å². The van der Waals surface area contributed by atoms with Gasteiger partial charge in [0.1, 0.15) is 4.90 Å². The van der Waals surface area contributed by atoms with Crippen molar-refractivity contribution < 1.29 is 28.2 Å². The Morgan fingerprint density at radius 3 is 2.50 bits per heavy atom. The summed E-state index contributed by atoms with van der Waals surface area (Å²) in [4.78, 5) is 21.6. The number of halogens is 1. The van der Waals surface area contributed by atoms with E-state index in [1.54, 1.807) is 0 Å². The number of hydrogen-bond acceptors (Lipinski definition) is 6. The maximum absolute atomic E-state index is 12.6. The van der Waals surface area contributed by atoms with Gasteiger partial charge in [-0.2, -0.15) is 4.31 Å². The number of aliphatic carboxylic acids is 1. The molecule has 9 heteroatoms. The van der Waals surface area contributed by atoms with Gasteiger partial charge >= 0.3 is 0 Å². The number of rotatable bonds is 4. The van der Waals surface area contributed by atoms with Crippen LogP contribution in [0.2, 0.25) is 5.02 Å². The summed E-state index contributed by atoms with van der Waals surface area (Å²) in [5.74, 6) is -3.04. The number of benzene rings is 1. The fourth-order valence-electron chi connectivity index (χ4n) is 2.38. The summed E-state index contributed by atoms with van der Waals surface area (Å²) in [7, 11) is -4.25. The maximum atomic E-state index is 12.6. The van der Waals surface area contributed by atoms with Crippen LogP contribution in [-0.2, 0) is 14.8 Å². The first kappa shape index (κ1) is 16.7. The third-order valence-electron chi connectivity index (χ3n) is 3.48. The van der Waals surface area contributed by atoms with Crippen LogP contribution in [0.4, 0.5) is 0 Å². The summed E-state index contributed by atoms with van der Waals surface area (Å²) in [5.41, 5.74) is -0.356. The number of hydrogen-bond donors (Lipinski definition) is 0. The zero-order valence-corrected chi connectivity index (χ0v) is 12.9. The molecule has 1 aliphatic heterocycles. The molecule has 0 bridgehead atoms. The lowest BCUT2D eigenvalue weighted by Crippen LogP contribution is -2.52. The average molecular weight is 346 g/mol. The Labute approximate surface area is 132 Å². The highest BCUT2D eigenvalue weighted by atomic mass is 35.5. The van der Waals surface area contributed by atoms with Crippen LogP contribution in [-0.4, -0.2) is 37.2 Å². The van der Waals surface area contributed by atoms with Crippen molar-refractivity contribution in [1.29, 1.82) is 0 Å². The quantitative estimate of drug-likeness (QED) is 0.690. The Bertz CT molecular complexity index is 717. The van der Waals surface area contributed by atoms with E-state index in [0.717, 1.165) is 22.5 Å². The highest BCUT2D eigenvalue weighted by Gasteiger charge is 2.35. The van der Waals surface area contributed by atoms with Crippen LogP contribution in [0.25, 0.3) is 0 Å². The number of sulfonamides is 1. The van der Waals surface area contributed by atoms with Crippen LogP contribution < -0.4 is 10.2 Å². The molecule has 0 saturated carbocycles. The molecule has 0 radical (unpaired) electrons. The maximum Gasteiger partial charge on any atom is 0.245 e. The van der Waals surface area contributed by atoms with Gasteiger partial charge in [-0.25, -0.2) is 8.42 Å². The number of carbonyl (C=O) groups is 2. The molecule has 1 aliphatic rings. The van der Waals surface area contributed by atoms with Gasteiger partial charge in [-0.3, -0.25) is 0 Å². The molecule has 1 fully saturated rings. The van der Waals surface area contributed by atoms with Gasteiger partial charge in [-0.05, 0) is 30.5 Å². The summed E-state index contributed by atoms with van der Waals surface area (Å²) < 4.78 is 26.1. The van der Waals surface area contributed by atoms with Gasteiger partial charge in [-0.15, -0.1) is 0 Å². The predicted octanol–water partition coefficient (Wildman–Crippen LogP) is -1.00. The predicted molar refractivity (Wildman–Crippen MR) is 72.3 cm³/mol. The minimum absolute atomic E-state index is 0.00680. The van der Waals surface area contributed by atoms with Gasteiger partial charge in [0.15, 0.2) is 0 Å². The lowest BCUT2D eigenvalue weighted by molar-refractivity contribution is -0.311. The second-order valence-corrected chi connectivity index (χ2v) is 7.15. The van der Waals surface area contributed by atoms with Crippen molar-refractivity contribution in [2.45, 2.75) is 30.2 Å². The molecule has 0 aromatic heterocycles. The van der Waals surface area contributed by atoms with Crippen molar-refractivity contribution in [2.75, 3.05) is 6.54 Å². The van der Waals surface area contributed by atoms with E-state index in [4.69, 9.17) is 11.6 Å². The SMILES string of the molecule is O=C([O-])c1ccc(Cl)c(S(=O)(=O)N2CCCC[C@H]2C(=O)[O-])c1. The minimum atomic E-state index is -4.25. The smallest absolute Gasteiger partial charge is 0.245 e. The van der Waals surface area contributed by atoms with Gasteiger partial charge < -0.3 is 19.8 Å². The monoisotopic (exact) mass is 345 g/mol. The fourth-order valence-corrected chi connectivity index (χ4v) is 4.53. The number of carbonyl (C=O) groups excluding carboxylic acids is 2. The molecule has 0 N–H and O–H groups in total. The zero-order valence-electron chi connectivity index (χ0n) is 11.3. The highest BCUT2D eigenvalue weighted by Crippen LogP contribution is 2.30. The van der Waals surface area contributed by atoms with E-state index in [1.165, 1.54) is 0 Å². The lowest BCUT2D eigenvalue weighted by Gasteiger charge is -2.35. The average Bonchev–Trinajstić information content (AvgIpc) is 2.47. The van der Waals surface area contributed by atoms with Crippen LogP contribution in [0.15, 0.2) is 23.1 Å². The summed E-state index contributed by atoms with van der Waals surface area (Å²) in [6, 6.07) is 1.82. The van der Waals surface area contributed by atoms with Crippen LogP contribution in [0.1, 0.15) is 29.6 Å². The van der Waals surface area contributed by atoms with Crippen molar-refractivity contribution >= 4 is 33.6 Å². The molecule has 0 spiro atoms. The molecule has 120 valence electrons. The van der Waals surface area contributed by atoms with Crippen LogP contribution >= 0.6 is 11.6 Å². The lowest BCUT2D eigenvalue weighted by atomic mass is 10.1. The van der Waals surface area contributed by atoms with Crippen LogP contribution in [0.5, 0.6) is 0 Å². The fraction of sp³-hybridized carbons (Fsp3) is 0.385. The Morgan fingerprint density at radius 1 is 1.23 bits per heavy atom. The Balaban J connectivity index is 2.51. The molecule has 0 aliphatic carbocycles. The third-order valence-corrected chi connectivity index (χ3v) is 5.87. The van der Waals surface area contributed by atoms with Crippen LogP contribution in [0, 0.1) is 0 Å². The molecule has 1 saturated heterocycles. The molecular weight excluding hydrogens is 334 g/mol. The van der Waals surface area contributed by atoms with Crippen molar-refractivity contribution in [3.63, 3.8) is 0 Å². The molecule has 0 unspecified atom stereocenters. The Morgan fingerprint density at radius 2 is 1.91 bits per heavy atom. The first-order valence-electron chi connectivity index (χ1n) is 6.48. The number of aromatic carboxylic acids is 1. The van der Waals surface area contributed by atoms with E-state index in [-0.39, 0.29) is 23.6 Å². The summed E-state index contributed by atoms with van der Waals surface area (Å²) in [5, 5.41) is 21.8. The van der Waals surface area contributed by atoms with Gasteiger partial charge in [0.25, 0.3) is 0 Å². The van der Waals surface area contributed by atoms with E-state index in [1.807, 2.05) is 0 Å². The van der Waals surface area contributed by atoms with Gasteiger partial charge in [-0.1, -0.05) is 24.1 Å². The Hall–Kier alpha value is -1.64. The summed E-state index contributed by atoms with van der Waals surface area (Å²) in [6.45, 7) is 0.00680. The van der Waals surface area contributed by atoms with Gasteiger partial charge in [0.2, 0.25) is 10.0 Å². The number of carboxylic acids is 2. The topological polar surface area (TPSA) is 118 Å². The van der Waals surface area contributed by atoms with E-state index < -0.39 is 32.9 Å². The van der Waals surface area contributed by atoms with Crippen molar-refractivity contribution in [2.24, 2.45) is 0 Å². The second kappa shape index (κ2) is 6.23. The van der Waals surface area contributed by atoms with E-state index in [0.29, 0.717) is 12.8 Å². The zero-order chi connectivity index (χ0) is 16.5. The molecule has 1 atom stereocenters. The minimum Gasteiger partial charge on any atom is -0.548 e. The first-order chi connectivity index (χ1) is 10.2. The number of nitrogens with zero attached hydrogens (tertiary/aromatic N) is 1. The molecule has 1 heterocycles. The normalized spacial score (nSPS) is 19.8.